The van der Waals surface area contributed by atoms with Gasteiger partial charge in [-0.05, 0) is 18.4 Å². The molecule has 0 bridgehead atoms. The van der Waals surface area contributed by atoms with E-state index in [9.17, 15) is 5.11 Å². The first-order valence-corrected chi connectivity index (χ1v) is 6.12. The van der Waals surface area contributed by atoms with Gasteiger partial charge in [-0.15, -0.1) is 4.33 Å². The number of phenols is 1. The van der Waals surface area contributed by atoms with Crippen LogP contribution in [0.2, 0.25) is 0 Å². The summed E-state index contributed by atoms with van der Waals surface area (Å²) in [6, 6.07) is 7.41. The van der Waals surface area contributed by atoms with E-state index in [0.29, 0.717) is 10.3 Å². The first kappa shape index (κ1) is 13.8. The lowest BCUT2D eigenvalue weighted by molar-refractivity contribution is -0.432. The monoisotopic (exact) mass is 280 g/mol. The zero-order valence-corrected chi connectivity index (χ0v) is 11.1. The van der Waals surface area contributed by atoms with Gasteiger partial charge >= 0.3 is 0 Å². The Labute approximate surface area is 113 Å². The van der Waals surface area contributed by atoms with Crippen LogP contribution in [-0.2, 0) is 9.37 Å². The minimum atomic E-state index is 0.00661. The number of aromatic hydroxyl groups is 1. The molecule has 0 atom stereocenters. The molecule has 2 rings (SSSR count). The lowest BCUT2D eigenvalue weighted by Gasteiger charge is -2.09. The Morgan fingerprint density at radius 2 is 2.05 bits per heavy atom. The summed E-state index contributed by atoms with van der Waals surface area (Å²) in [5.41, 5.74) is 1.33. The van der Waals surface area contributed by atoms with E-state index in [1.54, 1.807) is 6.07 Å². The van der Waals surface area contributed by atoms with Crippen molar-refractivity contribution in [2.75, 3.05) is 7.05 Å². The van der Waals surface area contributed by atoms with Gasteiger partial charge in [0, 0.05) is 12.4 Å². The number of nitrogens with zero attached hydrogens (tertiary/aromatic N) is 2. The fourth-order valence-electron chi connectivity index (χ4n) is 1.78. The normalized spacial score (nSPS) is 11.5. The molecule has 0 saturated carbocycles. The van der Waals surface area contributed by atoms with Gasteiger partial charge in [-0.25, -0.2) is 5.26 Å². The number of aryl methyl sites for hydroxylation is 1. The molecule has 2 aromatic carbocycles. The topological polar surface area (TPSA) is 83.6 Å². The number of phenolic OH excluding ortho intramolecular Hbond substituents is 1. The summed E-state index contributed by atoms with van der Waals surface area (Å²) in [5.74, 6) is 0.00661. The van der Waals surface area contributed by atoms with E-state index < -0.39 is 0 Å². The van der Waals surface area contributed by atoms with Crippen LogP contribution >= 0.6 is 12.0 Å². The minimum absolute atomic E-state index is 0.00661. The molecule has 0 spiro atoms. The first-order valence-electron chi connectivity index (χ1n) is 5.38. The number of benzene rings is 2. The molecule has 0 heterocycles. The highest BCUT2D eigenvalue weighted by Gasteiger charge is 2.14. The van der Waals surface area contributed by atoms with Crippen molar-refractivity contribution < 1.29 is 19.7 Å². The summed E-state index contributed by atoms with van der Waals surface area (Å²) >= 11 is 0.736. The van der Waals surface area contributed by atoms with E-state index in [2.05, 4.69) is 19.6 Å². The average molecular weight is 280 g/mol. The second kappa shape index (κ2) is 5.98. The van der Waals surface area contributed by atoms with Crippen LogP contribution in [-0.4, -0.2) is 17.4 Å². The fraction of sp³-hybridized carbons (Fsp3) is 0.167. The molecular formula is C12H12N2O4S. The molecule has 0 saturated heterocycles. The quantitative estimate of drug-likeness (QED) is 0.383. The zero-order chi connectivity index (χ0) is 13.8. The van der Waals surface area contributed by atoms with Gasteiger partial charge in [0.25, 0.3) is 0 Å². The molecule has 0 amide bonds. The van der Waals surface area contributed by atoms with Gasteiger partial charge in [0.2, 0.25) is 0 Å². The van der Waals surface area contributed by atoms with Crippen molar-refractivity contribution in [3.05, 3.63) is 29.8 Å². The van der Waals surface area contributed by atoms with Gasteiger partial charge < -0.3 is 5.11 Å². The molecule has 2 N–H and O–H groups in total. The van der Waals surface area contributed by atoms with Crippen molar-refractivity contribution >= 4 is 28.5 Å². The third-order valence-corrected chi connectivity index (χ3v) is 3.18. The Hall–Kier alpha value is -1.67. The highest BCUT2D eigenvalue weighted by molar-refractivity contribution is 7.94. The Kier molecular flexibility index (Phi) is 4.33. The molecule has 0 aliphatic carbocycles. The Balaban J connectivity index is 2.66. The predicted octanol–water partition coefficient (Wildman–Crippen LogP) is 4.00. The van der Waals surface area contributed by atoms with E-state index in [1.165, 1.54) is 7.05 Å². The number of fused-ring (bicyclic) bond motifs is 1. The summed E-state index contributed by atoms with van der Waals surface area (Å²) in [7, 11) is 1.50. The van der Waals surface area contributed by atoms with Gasteiger partial charge in [-0.2, -0.15) is 10.2 Å². The molecule has 0 aliphatic rings. The van der Waals surface area contributed by atoms with E-state index in [-0.39, 0.29) is 11.4 Å². The predicted molar refractivity (Wildman–Crippen MR) is 71.4 cm³/mol. The van der Waals surface area contributed by atoms with Crippen molar-refractivity contribution in [3.8, 4) is 5.75 Å². The molecule has 19 heavy (non-hydrogen) atoms. The molecule has 0 unspecified atom stereocenters. The Bertz CT molecular complexity index is 631. The SMILES string of the molecule is CN=Nc1c(SOOO)cc2cc(C)ccc2c1O. The number of azo groups is 1. The number of hydrogen-bond donors (Lipinski definition) is 2. The molecule has 0 fully saturated rings. The summed E-state index contributed by atoms with van der Waals surface area (Å²) < 4.78 is 4.40. The van der Waals surface area contributed by atoms with Crippen LogP contribution in [0.3, 0.4) is 0 Å². The second-order valence-electron chi connectivity index (χ2n) is 3.82. The largest absolute Gasteiger partial charge is 0.505 e. The summed E-state index contributed by atoms with van der Waals surface area (Å²) in [4.78, 5) is 0.482. The van der Waals surface area contributed by atoms with Gasteiger partial charge in [-0.1, -0.05) is 28.8 Å². The summed E-state index contributed by atoms with van der Waals surface area (Å²) in [6.07, 6.45) is 0. The van der Waals surface area contributed by atoms with E-state index in [1.807, 2.05) is 25.1 Å². The second-order valence-corrected chi connectivity index (χ2v) is 4.56. The van der Waals surface area contributed by atoms with Crippen molar-refractivity contribution in [3.63, 3.8) is 0 Å². The van der Waals surface area contributed by atoms with E-state index in [0.717, 1.165) is 23.0 Å². The van der Waals surface area contributed by atoms with Crippen molar-refractivity contribution in [2.24, 2.45) is 10.2 Å². The minimum Gasteiger partial charge on any atom is -0.505 e. The molecule has 7 heteroatoms. The number of rotatable bonds is 4. The third-order valence-electron chi connectivity index (χ3n) is 2.56. The Morgan fingerprint density at radius 1 is 1.26 bits per heavy atom. The van der Waals surface area contributed by atoms with E-state index in [4.69, 9.17) is 5.26 Å². The van der Waals surface area contributed by atoms with Gasteiger partial charge in [0.05, 0.1) is 16.9 Å². The zero-order valence-electron chi connectivity index (χ0n) is 10.3. The van der Waals surface area contributed by atoms with Crippen LogP contribution in [0.5, 0.6) is 5.75 Å². The molecule has 0 radical (unpaired) electrons. The highest BCUT2D eigenvalue weighted by Crippen LogP contribution is 2.43. The highest BCUT2D eigenvalue weighted by atomic mass is 32.2. The first-order chi connectivity index (χ1) is 9.17. The smallest absolute Gasteiger partial charge is 0.152 e. The molecule has 6 nitrogen and oxygen atoms in total. The molecule has 0 aliphatic heterocycles. The number of hydrogen-bond acceptors (Lipinski definition) is 7. The Morgan fingerprint density at radius 3 is 2.74 bits per heavy atom. The maximum Gasteiger partial charge on any atom is 0.152 e. The van der Waals surface area contributed by atoms with Crippen molar-refractivity contribution in [1.82, 2.24) is 0 Å². The van der Waals surface area contributed by atoms with Crippen LogP contribution in [0.4, 0.5) is 5.69 Å². The van der Waals surface area contributed by atoms with Crippen LogP contribution in [0.1, 0.15) is 5.56 Å². The average Bonchev–Trinajstić information content (AvgIpc) is 2.40. The summed E-state index contributed by atoms with van der Waals surface area (Å²) in [6.45, 7) is 1.95. The van der Waals surface area contributed by atoms with Gasteiger partial charge in [0.1, 0.15) is 5.69 Å². The molecule has 0 aromatic heterocycles. The van der Waals surface area contributed by atoms with Crippen LogP contribution in [0.15, 0.2) is 39.4 Å². The van der Waals surface area contributed by atoms with Crippen LogP contribution in [0, 0.1) is 6.92 Å². The lowest BCUT2D eigenvalue weighted by Crippen LogP contribution is -1.84. The maximum atomic E-state index is 10.2. The van der Waals surface area contributed by atoms with Gasteiger partial charge in [-0.3, -0.25) is 0 Å². The van der Waals surface area contributed by atoms with Gasteiger partial charge in [0.15, 0.2) is 5.75 Å². The fourth-order valence-corrected chi connectivity index (χ4v) is 2.28. The van der Waals surface area contributed by atoms with Crippen molar-refractivity contribution in [2.45, 2.75) is 11.8 Å². The van der Waals surface area contributed by atoms with Crippen LogP contribution < -0.4 is 0 Å². The molecular weight excluding hydrogens is 268 g/mol. The molecule has 100 valence electrons. The maximum absolute atomic E-state index is 10.2. The summed E-state index contributed by atoms with van der Waals surface area (Å²) in [5, 5.41) is 31.0. The van der Waals surface area contributed by atoms with Crippen LogP contribution in [0.25, 0.3) is 10.8 Å². The van der Waals surface area contributed by atoms with E-state index >= 15 is 0 Å². The third kappa shape index (κ3) is 2.85. The standard InChI is InChI=1S/C12H12N2O4S/c1-7-3-4-9-8(5-7)6-10(19-18-17-16)11(12(9)15)14-13-2/h3-6,15-16H,1-2H3. The van der Waals surface area contributed by atoms with Crippen molar-refractivity contribution in [1.29, 1.82) is 0 Å². The lowest BCUT2D eigenvalue weighted by atomic mass is 10.1. The molecule has 2 aromatic rings.